The molecule has 0 aliphatic rings. The van der Waals surface area contributed by atoms with E-state index in [0.717, 1.165) is 11.1 Å². The van der Waals surface area contributed by atoms with Crippen LogP contribution >= 0.6 is 0 Å². The van der Waals surface area contributed by atoms with E-state index >= 15 is 0 Å². The molecule has 0 atom stereocenters. The minimum absolute atomic E-state index is 0.174. The van der Waals surface area contributed by atoms with Gasteiger partial charge in [-0.3, -0.25) is 0 Å². The lowest BCUT2D eigenvalue weighted by atomic mass is 10.0. The second kappa shape index (κ2) is 3.50. The molecule has 74 valence electrons. The molecular formula is C12H10N2O. The summed E-state index contributed by atoms with van der Waals surface area (Å²) in [6, 6.07) is 9.90. The maximum absolute atomic E-state index is 8.91. The molecular weight excluding hydrogens is 188 g/mol. The van der Waals surface area contributed by atoms with Crippen molar-refractivity contribution in [3.63, 3.8) is 0 Å². The van der Waals surface area contributed by atoms with Gasteiger partial charge < -0.3 is 10.2 Å². The number of furan rings is 1. The van der Waals surface area contributed by atoms with Crippen molar-refractivity contribution >= 4 is 5.88 Å². The third-order valence-electron chi connectivity index (χ3n) is 2.29. The molecule has 0 unspecified atom stereocenters. The van der Waals surface area contributed by atoms with Gasteiger partial charge in [-0.25, -0.2) is 0 Å². The molecule has 2 aromatic rings. The lowest BCUT2D eigenvalue weighted by molar-refractivity contribution is 0.588. The van der Waals surface area contributed by atoms with E-state index in [0.29, 0.717) is 5.56 Å². The molecule has 0 radical (unpaired) electrons. The Kier molecular flexibility index (Phi) is 2.18. The highest BCUT2D eigenvalue weighted by Crippen LogP contribution is 2.29. The predicted molar refractivity (Wildman–Crippen MR) is 58.0 cm³/mol. The van der Waals surface area contributed by atoms with Crippen LogP contribution in [-0.2, 0) is 0 Å². The van der Waals surface area contributed by atoms with Gasteiger partial charge in [-0.15, -0.1) is 0 Å². The van der Waals surface area contributed by atoms with Gasteiger partial charge in [0.1, 0.15) is 17.9 Å². The average molecular weight is 198 g/mol. The summed E-state index contributed by atoms with van der Waals surface area (Å²) in [5, 5.41) is 8.91. The summed E-state index contributed by atoms with van der Waals surface area (Å²) >= 11 is 0. The standard InChI is InChI=1S/C12H10N2O/c1-8-2-4-9(5-3-8)11-7-15-12(14)10(11)6-13/h2-5,7H,14H2,1H3. The molecule has 2 N–H and O–H groups in total. The summed E-state index contributed by atoms with van der Waals surface area (Å²) in [5.41, 5.74) is 8.79. The minimum atomic E-state index is 0.174. The second-order valence-corrected chi connectivity index (χ2v) is 3.37. The van der Waals surface area contributed by atoms with Crippen molar-refractivity contribution in [1.29, 1.82) is 5.26 Å². The molecule has 15 heavy (non-hydrogen) atoms. The number of nitriles is 1. The Morgan fingerprint density at radius 2 is 1.93 bits per heavy atom. The van der Waals surface area contributed by atoms with E-state index in [4.69, 9.17) is 15.4 Å². The highest BCUT2D eigenvalue weighted by Gasteiger charge is 2.11. The van der Waals surface area contributed by atoms with E-state index in [2.05, 4.69) is 0 Å². The number of nitrogens with two attached hydrogens (primary N) is 1. The topological polar surface area (TPSA) is 62.9 Å². The van der Waals surface area contributed by atoms with Gasteiger partial charge in [-0.1, -0.05) is 29.8 Å². The van der Waals surface area contributed by atoms with Crippen LogP contribution in [-0.4, -0.2) is 0 Å². The van der Waals surface area contributed by atoms with Crippen molar-refractivity contribution < 1.29 is 4.42 Å². The van der Waals surface area contributed by atoms with Gasteiger partial charge in [-0.2, -0.15) is 5.26 Å². The molecule has 0 bridgehead atoms. The molecule has 0 saturated carbocycles. The Morgan fingerprint density at radius 1 is 1.27 bits per heavy atom. The smallest absolute Gasteiger partial charge is 0.208 e. The van der Waals surface area contributed by atoms with Gasteiger partial charge in [0.2, 0.25) is 5.88 Å². The molecule has 2 rings (SSSR count). The van der Waals surface area contributed by atoms with Gasteiger partial charge >= 0.3 is 0 Å². The Balaban J connectivity index is 2.55. The van der Waals surface area contributed by atoms with E-state index in [1.54, 1.807) is 0 Å². The lowest BCUT2D eigenvalue weighted by Gasteiger charge is -1.98. The minimum Gasteiger partial charge on any atom is -0.447 e. The van der Waals surface area contributed by atoms with E-state index in [1.807, 2.05) is 37.3 Å². The number of benzene rings is 1. The molecule has 3 heteroatoms. The monoisotopic (exact) mass is 198 g/mol. The third-order valence-corrected chi connectivity index (χ3v) is 2.29. The number of hydrogen-bond acceptors (Lipinski definition) is 3. The van der Waals surface area contributed by atoms with Crippen LogP contribution in [0.5, 0.6) is 0 Å². The predicted octanol–water partition coefficient (Wildman–Crippen LogP) is 2.71. The van der Waals surface area contributed by atoms with Crippen LogP contribution in [0.3, 0.4) is 0 Å². The highest BCUT2D eigenvalue weighted by atomic mass is 16.3. The zero-order valence-electron chi connectivity index (χ0n) is 8.32. The molecule has 0 fully saturated rings. The second-order valence-electron chi connectivity index (χ2n) is 3.37. The maximum atomic E-state index is 8.91. The Labute approximate surface area is 87.7 Å². The zero-order valence-corrected chi connectivity index (χ0v) is 8.32. The first-order valence-electron chi connectivity index (χ1n) is 4.56. The van der Waals surface area contributed by atoms with Crippen molar-refractivity contribution in [2.45, 2.75) is 6.92 Å². The number of nitrogens with zero attached hydrogens (tertiary/aromatic N) is 1. The summed E-state index contributed by atoms with van der Waals surface area (Å²) in [6.45, 7) is 2.01. The van der Waals surface area contributed by atoms with Gasteiger partial charge in [0.25, 0.3) is 0 Å². The largest absolute Gasteiger partial charge is 0.447 e. The molecule has 0 saturated heterocycles. The highest BCUT2D eigenvalue weighted by molar-refractivity contribution is 5.74. The molecule has 0 spiro atoms. The quantitative estimate of drug-likeness (QED) is 0.766. The average Bonchev–Trinajstić information content (AvgIpc) is 2.61. The van der Waals surface area contributed by atoms with Crippen LogP contribution in [0, 0.1) is 18.3 Å². The number of hydrogen-bond donors (Lipinski definition) is 1. The number of aryl methyl sites for hydroxylation is 1. The molecule has 0 aliphatic carbocycles. The lowest BCUT2D eigenvalue weighted by Crippen LogP contribution is -1.86. The van der Waals surface area contributed by atoms with E-state index in [9.17, 15) is 0 Å². The van der Waals surface area contributed by atoms with Crippen molar-refractivity contribution in [1.82, 2.24) is 0 Å². The summed E-state index contributed by atoms with van der Waals surface area (Å²) < 4.78 is 5.03. The van der Waals surface area contributed by atoms with Crippen LogP contribution < -0.4 is 5.73 Å². The summed E-state index contributed by atoms with van der Waals surface area (Å²) in [5.74, 6) is 0.174. The van der Waals surface area contributed by atoms with Crippen LogP contribution in [0.25, 0.3) is 11.1 Å². The van der Waals surface area contributed by atoms with Crippen LogP contribution in [0.2, 0.25) is 0 Å². The fourth-order valence-corrected chi connectivity index (χ4v) is 1.43. The summed E-state index contributed by atoms with van der Waals surface area (Å²) in [7, 11) is 0. The molecule has 1 aromatic carbocycles. The van der Waals surface area contributed by atoms with Crippen molar-refractivity contribution in [2.24, 2.45) is 0 Å². The number of nitrogen functional groups attached to an aromatic ring is 1. The Bertz CT molecular complexity index is 518. The van der Waals surface area contributed by atoms with E-state index in [1.165, 1.54) is 11.8 Å². The molecule has 3 nitrogen and oxygen atoms in total. The Hall–Kier alpha value is -2.21. The third kappa shape index (κ3) is 1.57. The van der Waals surface area contributed by atoms with Crippen molar-refractivity contribution in [3.8, 4) is 17.2 Å². The van der Waals surface area contributed by atoms with Crippen LogP contribution in [0.4, 0.5) is 5.88 Å². The van der Waals surface area contributed by atoms with Gasteiger partial charge in [0.15, 0.2) is 0 Å². The number of anilines is 1. The normalized spacial score (nSPS) is 9.87. The molecule has 0 amide bonds. The first kappa shape index (κ1) is 9.35. The van der Waals surface area contributed by atoms with Crippen LogP contribution in [0.1, 0.15) is 11.1 Å². The summed E-state index contributed by atoms with van der Waals surface area (Å²) in [6.07, 6.45) is 1.51. The fraction of sp³-hybridized carbons (Fsp3) is 0.0833. The molecule has 0 aliphatic heterocycles. The molecule has 1 heterocycles. The fourth-order valence-electron chi connectivity index (χ4n) is 1.43. The maximum Gasteiger partial charge on any atom is 0.208 e. The van der Waals surface area contributed by atoms with Crippen LogP contribution in [0.15, 0.2) is 34.9 Å². The van der Waals surface area contributed by atoms with Crippen molar-refractivity contribution in [3.05, 3.63) is 41.7 Å². The Morgan fingerprint density at radius 3 is 2.53 bits per heavy atom. The van der Waals surface area contributed by atoms with E-state index in [-0.39, 0.29) is 5.88 Å². The van der Waals surface area contributed by atoms with E-state index < -0.39 is 0 Å². The zero-order chi connectivity index (χ0) is 10.8. The SMILES string of the molecule is Cc1ccc(-c2coc(N)c2C#N)cc1. The first-order chi connectivity index (χ1) is 7.22. The van der Waals surface area contributed by atoms with Gasteiger partial charge in [0.05, 0.1) is 0 Å². The first-order valence-corrected chi connectivity index (χ1v) is 4.56. The van der Waals surface area contributed by atoms with Gasteiger partial charge in [0, 0.05) is 5.56 Å². The number of rotatable bonds is 1. The molecule has 1 aromatic heterocycles. The van der Waals surface area contributed by atoms with Crippen molar-refractivity contribution in [2.75, 3.05) is 5.73 Å². The van der Waals surface area contributed by atoms with Gasteiger partial charge in [-0.05, 0) is 12.5 Å². The summed E-state index contributed by atoms with van der Waals surface area (Å²) in [4.78, 5) is 0.